The van der Waals surface area contributed by atoms with E-state index >= 15 is 0 Å². The van der Waals surface area contributed by atoms with Crippen molar-refractivity contribution >= 4 is 23.5 Å². The van der Waals surface area contributed by atoms with E-state index in [0.29, 0.717) is 6.61 Å². The van der Waals surface area contributed by atoms with Gasteiger partial charge in [-0.25, -0.2) is 13.7 Å². The Morgan fingerprint density at radius 3 is 1.95 bits per heavy atom. The Balaban J connectivity index is 4.15. The summed E-state index contributed by atoms with van der Waals surface area (Å²) in [5, 5.41) is 0. The smallest absolute Gasteiger partial charge is 0.379 e. The molecule has 0 radical (unpaired) electrons. The first-order valence-electron chi connectivity index (χ1n) is 5.33. The summed E-state index contributed by atoms with van der Waals surface area (Å²) in [5.74, 6) is 0. The van der Waals surface area contributed by atoms with Crippen LogP contribution in [0.3, 0.4) is 0 Å². The lowest BCUT2D eigenvalue weighted by atomic mass is 10.4. The van der Waals surface area contributed by atoms with Gasteiger partial charge < -0.3 is 24.3 Å². The van der Waals surface area contributed by atoms with Crippen LogP contribution < -0.4 is 0 Å². The standard InChI is InChI=1S/C6H17O11P3/c1-2-3-4-14-5-6-15-19(10,11)17-20(12,13)16-18(7,8)9/h2-6H2,1H3,(H,10,11)(H,12,13)(H2,7,8,9). The summed E-state index contributed by atoms with van der Waals surface area (Å²) in [4.78, 5) is 34.5. The van der Waals surface area contributed by atoms with Crippen LogP contribution >= 0.6 is 23.5 Å². The zero-order chi connectivity index (χ0) is 15.9. The molecule has 2 unspecified atom stereocenters. The molecule has 14 heteroatoms. The molecule has 0 aliphatic heterocycles. The third-order valence-corrected chi connectivity index (χ3v) is 5.38. The molecular formula is C6H17O11P3. The Morgan fingerprint density at radius 1 is 0.850 bits per heavy atom. The molecule has 0 aliphatic carbocycles. The minimum absolute atomic E-state index is 0.0665. The predicted octanol–water partition coefficient (Wildman–Crippen LogP) is 1.15. The molecule has 0 aliphatic rings. The van der Waals surface area contributed by atoms with Gasteiger partial charge in [-0.15, -0.1) is 0 Å². The van der Waals surface area contributed by atoms with E-state index < -0.39 is 30.1 Å². The fourth-order valence-electron chi connectivity index (χ4n) is 0.863. The molecule has 0 rings (SSSR count). The van der Waals surface area contributed by atoms with Gasteiger partial charge in [0, 0.05) is 6.61 Å². The minimum Gasteiger partial charge on any atom is -0.379 e. The summed E-state index contributed by atoms with van der Waals surface area (Å²) in [5.41, 5.74) is 0. The van der Waals surface area contributed by atoms with Crippen molar-refractivity contribution in [1.82, 2.24) is 0 Å². The number of hydrogen-bond donors (Lipinski definition) is 4. The van der Waals surface area contributed by atoms with Crippen LogP contribution in [0.2, 0.25) is 0 Å². The first kappa shape index (κ1) is 20.4. The molecule has 11 nitrogen and oxygen atoms in total. The number of rotatable bonds is 11. The van der Waals surface area contributed by atoms with Crippen LogP contribution in [0.4, 0.5) is 0 Å². The van der Waals surface area contributed by atoms with E-state index in [4.69, 9.17) is 24.3 Å². The molecule has 0 amide bonds. The second-order valence-corrected chi connectivity index (χ2v) is 7.81. The average Bonchev–Trinajstić information content (AvgIpc) is 2.17. The number of ether oxygens (including phenoxy) is 1. The molecule has 0 saturated heterocycles. The molecule has 0 aromatic carbocycles. The van der Waals surface area contributed by atoms with Gasteiger partial charge in [0.25, 0.3) is 0 Å². The minimum atomic E-state index is -5.44. The van der Waals surface area contributed by atoms with Gasteiger partial charge in [-0.05, 0) is 6.42 Å². The maximum absolute atomic E-state index is 11.2. The van der Waals surface area contributed by atoms with Crippen LogP contribution in [0.25, 0.3) is 0 Å². The van der Waals surface area contributed by atoms with Gasteiger partial charge in [-0.3, -0.25) is 4.52 Å². The molecule has 0 spiro atoms. The van der Waals surface area contributed by atoms with Gasteiger partial charge in [0.1, 0.15) is 0 Å². The van der Waals surface area contributed by atoms with Crippen molar-refractivity contribution in [3.63, 3.8) is 0 Å². The van der Waals surface area contributed by atoms with E-state index in [-0.39, 0.29) is 6.61 Å². The molecular weight excluding hydrogens is 341 g/mol. The summed E-state index contributed by atoms with van der Waals surface area (Å²) in [6.07, 6.45) is 1.69. The Labute approximate surface area is 115 Å². The fourth-order valence-corrected chi connectivity index (χ4v) is 3.86. The van der Waals surface area contributed by atoms with Crippen molar-refractivity contribution in [3.05, 3.63) is 0 Å². The largest absolute Gasteiger partial charge is 0.490 e. The summed E-state index contributed by atoms with van der Waals surface area (Å²) in [7, 11) is -15.8. The molecule has 0 saturated carbocycles. The van der Waals surface area contributed by atoms with Crippen LogP contribution in [0.5, 0.6) is 0 Å². The van der Waals surface area contributed by atoms with Crippen molar-refractivity contribution in [2.24, 2.45) is 0 Å². The zero-order valence-corrected chi connectivity index (χ0v) is 13.2. The van der Waals surface area contributed by atoms with E-state index in [1.807, 2.05) is 6.92 Å². The molecule has 20 heavy (non-hydrogen) atoms. The highest BCUT2D eigenvalue weighted by molar-refractivity contribution is 7.66. The zero-order valence-electron chi connectivity index (χ0n) is 10.5. The monoisotopic (exact) mass is 358 g/mol. The molecule has 0 bridgehead atoms. The Bertz CT molecular complexity index is 416. The molecule has 0 heterocycles. The Hall–Kier alpha value is 0.370. The molecule has 0 aromatic heterocycles. The van der Waals surface area contributed by atoms with Gasteiger partial charge in [0.2, 0.25) is 0 Å². The van der Waals surface area contributed by atoms with Crippen molar-refractivity contribution in [2.75, 3.05) is 19.8 Å². The maximum Gasteiger partial charge on any atom is 0.490 e. The van der Waals surface area contributed by atoms with Crippen molar-refractivity contribution in [3.8, 4) is 0 Å². The van der Waals surface area contributed by atoms with Crippen molar-refractivity contribution < 1.29 is 51.2 Å². The third kappa shape index (κ3) is 12.1. The molecule has 122 valence electrons. The van der Waals surface area contributed by atoms with E-state index in [0.717, 1.165) is 12.8 Å². The first-order valence-corrected chi connectivity index (χ1v) is 9.85. The van der Waals surface area contributed by atoms with Crippen LogP contribution in [0, 0.1) is 0 Å². The summed E-state index contributed by atoms with van der Waals surface area (Å²) in [6, 6.07) is 0. The van der Waals surface area contributed by atoms with Crippen LogP contribution in [0.15, 0.2) is 0 Å². The third-order valence-electron chi connectivity index (χ3n) is 1.54. The normalized spacial score (nSPS) is 18.4. The molecule has 2 atom stereocenters. The lowest BCUT2D eigenvalue weighted by Crippen LogP contribution is -2.05. The van der Waals surface area contributed by atoms with Crippen molar-refractivity contribution in [2.45, 2.75) is 19.8 Å². The average molecular weight is 358 g/mol. The van der Waals surface area contributed by atoms with Gasteiger partial charge in [-0.2, -0.15) is 8.62 Å². The maximum atomic E-state index is 11.2. The highest BCUT2D eigenvalue weighted by Gasteiger charge is 2.40. The van der Waals surface area contributed by atoms with Gasteiger partial charge >= 0.3 is 23.5 Å². The topological polar surface area (TPSA) is 169 Å². The predicted molar refractivity (Wildman–Crippen MR) is 65.5 cm³/mol. The van der Waals surface area contributed by atoms with Crippen LogP contribution in [0.1, 0.15) is 19.8 Å². The summed E-state index contributed by atoms with van der Waals surface area (Å²) >= 11 is 0. The van der Waals surface area contributed by atoms with Gasteiger partial charge in [-0.1, -0.05) is 13.3 Å². The Kier molecular flexibility index (Phi) is 8.89. The van der Waals surface area contributed by atoms with Gasteiger partial charge in [0.05, 0.1) is 13.2 Å². The number of phosphoric acid groups is 3. The number of hydrogen-bond acceptors (Lipinski definition) is 7. The Morgan fingerprint density at radius 2 is 1.45 bits per heavy atom. The van der Waals surface area contributed by atoms with E-state index in [1.54, 1.807) is 0 Å². The highest BCUT2D eigenvalue weighted by Crippen LogP contribution is 2.66. The second-order valence-electron chi connectivity index (χ2n) is 3.39. The lowest BCUT2D eigenvalue weighted by molar-refractivity contribution is 0.0827. The van der Waals surface area contributed by atoms with Crippen LogP contribution in [-0.2, 0) is 31.6 Å². The highest BCUT2D eigenvalue weighted by atomic mass is 31.3. The summed E-state index contributed by atoms with van der Waals surface area (Å²) < 4.78 is 48.7. The van der Waals surface area contributed by atoms with Crippen molar-refractivity contribution in [1.29, 1.82) is 0 Å². The van der Waals surface area contributed by atoms with Gasteiger partial charge in [0.15, 0.2) is 0 Å². The van der Waals surface area contributed by atoms with E-state index in [2.05, 4.69) is 13.1 Å². The first-order chi connectivity index (χ1) is 8.97. The van der Waals surface area contributed by atoms with E-state index in [1.165, 1.54) is 0 Å². The molecule has 4 N–H and O–H groups in total. The lowest BCUT2D eigenvalue weighted by Gasteiger charge is -2.16. The van der Waals surface area contributed by atoms with E-state index in [9.17, 15) is 13.7 Å². The second kappa shape index (κ2) is 8.73. The SMILES string of the molecule is CCCCOCCOP(=O)(O)OP(=O)(O)OP(=O)(O)O. The number of phosphoric ester groups is 1. The molecule has 0 fully saturated rings. The molecule has 0 aromatic rings. The quantitative estimate of drug-likeness (QED) is 0.308. The fraction of sp³-hybridized carbons (Fsp3) is 1.00. The van der Waals surface area contributed by atoms with Crippen LogP contribution in [-0.4, -0.2) is 39.4 Å². The summed E-state index contributed by atoms with van der Waals surface area (Å²) in [6.45, 7) is 1.86. The number of unbranched alkanes of at least 4 members (excludes halogenated alkanes) is 1.